The van der Waals surface area contributed by atoms with E-state index < -0.39 is 0 Å². The summed E-state index contributed by atoms with van der Waals surface area (Å²) in [5, 5.41) is 6.36. The van der Waals surface area contributed by atoms with E-state index in [1.807, 2.05) is 30.3 Å². The fourth-order valence-electron chi connectivity index (χ4n) is 2.87. The number of ether oxygens (including phenoxy) is 1. The summed E-state index contributed by atoms with van der Waals surface area (Å²) < 4.78 is 5.17. The fourth-order valence-corrected chi connectivity index (χ4v) is 2.87. The van der Waals surface area contributed by atoms with Crippen molar-refractivity contribution in [3.63, 3.8) is 0 Å². The molecule has 0 aromatic heterocycles. The fraction of sp³-hybridized carbons (Fsp3) is 0.278. The molecule has 0 aliphatic carbocycles. The largest absolute Gasteiger partial charge is 0.497 e. The number of carbonyl (C=O) groups is 1. The zero-order valence-electron chi connectivity index (χ0n) is 12.6. The van der Waals surface area contributed by atoms with Gasteiger partial charge in [0.05, 0.1) is 7.11 Å². The first kappa shape index (κ1) is 14.6. The van der Waals surface area contributed by atoms with Gasteiger partial charge in [0.25, 0.3) is 0 Å². The molecule has 0 bridgehead atoms. The summed E-state index contributed by atoms with van der Waals surface area (Å²) in [6.45, 7) is 0.911. The highest BCUT2D eigenvalue weighted by molar-refractivity contribution is 5.91. The van der Waals surface area contributed by atoms with Crippen molar-refractivity contribution >= 4 is 11.6 Å². The highest BCUT2D eigenvalue weighted by Gasteiger charge is 2.21. The van der Waals surface area contributed by atoms with Gasteiger partial charge in [-0.2, -0.15) is 0 Å². The van der Waals surface area contributed by atoms with Gasteiger partial charge in [-0.25, -0.2) is 0 Å². The minimum absolute atomic E-state index is 0.00227. The number of fused-ring (bicyclic) bond motifs is 1. The Morgan fingerprint density at radius 2 is 2.14 bits per heavy atom. The molecule has 0 saturated heterocycles. The average Bonchev–Trinajstić information content (AvgIpc) is 2.55. The predicted octanol–water partition coefficient (Wildman–Crippen LogP) is 2.91. The lowest BCUT2D eigenvalue weighted by Gasteiger charge is -2.26. The van der Waals surface area contributed by atoms with E-state index in [9.17, 15) is 4.79 Å². The third kappa shape index (κ3) is 3.28. The molecule has 0 fully saturated rings. The SMILES string of the molecule is COc1cccc(NC(=O)CC2NCCc3ccccc32)c1. The normalized spacial score (nSPS) is 16.7. The molecule has 0 saturated carbocycles. The van der Waals surface area contributed by atoms with Crippen LogP contribution in [0.25, 0.3) is 0 Å². The molecule has 4 nitrogen and oxygen atoms in total. The number of carbonyl (C=O) groups excluding carboxylic acids is 1. The van der Waals surface area contributed by atoms with Crippen molar-refractivity contribution in [3.05, 3.63) is 59.7 Å². The third-order valence-electron chi connectivity index (χ3n) is 3.96. The van der Waals surface area contributed by atoms with Gasteiger partial charge in [-0.3, -0.25) is 4.79 Å². The molecule has 3 rings (SSSR count). The van der Waals surface area contributed by atoms with Crippen LogP contribution in [0.2, 0.25) is 0 Å². The van der Waals surface area contributed by atoms with Gasteiger partial charge in [-0.05, 0) is 36.2 Å². The van der Waals surface area contributed by atoms with Gasteiger partial charge in [-0.15, -0.1) is 0 Å². The van der Waals surface area contributed by atoms with E-state index in [0.29, 0.717) is 6.42 Å². The standard InChI is InChI=1S/C18H20N2O2/c1-22-15-7-4-6-14(11-15)20-18(21)12-17-16-8-3-2-5-13(16)9-10-19-17/h2-8,11,17,19H,9-10,12H2,1H3,(H,20,21). The quantitative estimate of drug-likeness (QED) is 0.912. The summed E-state index contributed by atoms with van der Waals surface area (Å²) >= 11 is 0. The molecule has 4 heteroatoms. The lowest BCUT2D eigenvalue weighted by molar-refractivity contribution is -0.116. The molecule has 1 atom stereocenters. The lowest BCUT2D eigenvalue weighted by atomic mass is 9.92. The molecule has 1 heterocycles. The molecule has 2 aromatic rings. The maximum absolute atomic E-state index is 12.3. The van der Waals surface area contributed by atoms with Gasteiger partial charge < -0.3 is 15.4 Å². The van der Waals surface area contributed by atoms with Crippen molar-refractivity contribution in [1.29, 1.82) is 0 Å². The molecule has 0 radical (unpaired) electrons. The van der Waals surface area contributed by atoms with E-state index >= 15 is 0 Å². The number of nitrogens with one attached hydrogen (secondary N) is 2. The molecule has 2 N–H and O–H groups in total. The van der Waals surface area contributed by atoms with Gasteiger partial charge in [0.1, 0.15) is 5.75 Å². The average molecular weight is 296 g/mol. The lowest BCUT2D eigenvalue weighted by Crippen LogP contribution is -2.32. The minimum Gasteiger partial charge on any atom is -0.497 e. The van der Waals surface area contributed by atoms with Crippen molar-refractivity contribution in [2.24, 2.45) is 0 Å². The summed E-state index contributed by atoms with van der Waals surface area (Å²) in [5.41, 5.74) is 3.32. The highest BCUT2D eigenvalue weighted by Crippen LogP contribution is 2.26. The molecule has 1 unspecified atom stereocenters. The Bertz CT molecular complexity index is 670. The minimum atomic E-state index is 0.00227. The van der Waals surface area contributed by atoms with Gasteiger partial charge in [-0.1, -0.05) is 30.3 Å². The van der Waals surface area contributed by atoms with Gasteiger partial charge in [0.2, 0.25) is 5.91 Å². The second kappa shape index (κ2) is 6.62. The zero-order chi connectivity index (χ0) is 15.4. The first-order valence-electron chi connectivity index (χ1n) is 7.51. The Hall–Kier alpha value is -2.33. The Morgan fingerprint density at radius 1 is 1.27 bits per heavy atom. The van der Waals surface area contributed by atoms with Crippen LogP contribution in [0, 0.1) is 0 Å². The van der Waals surface area contributed by atoms with Gasteiger partial charge >= 0.3 is 0 Å². The van der Waals surface area contributed by atoms with Crippen LogP contribution in [-0.2, 0) is 11.2 Å². The molecule has 1 amide bonds. The molecule has 114 valence electrons. The van der Waals surface area contributed by atoms with Crippen molar-refractivity contribution < 1.29 is 9.53 Å². The Balaban J connectivity index is 1.67. The number of methoxy groups -OCH3 is 1. The maximum Gasteiger partial charge on any atom is 0.226 e. The number of hydrogen-bond acceptors (Lipinski definition) is 3. The zero-order valence-corrected chi connectivity index (χ0v) is 12.6. The van der Waals surface area contributed by atoms with Crippen molar-refractivity contribution in [1.82, 2.24) is 5.32 Å². The smallest absolute Gasteiger partial charge is 0.226 e. The molecular weight excluding hydrogens is 276 g/mol. The van der Waals surface area contributed by atoms with Crippen LogP contribution in [0.5, 0.6) is 5.75 Å². The van der Waals surface area contributed by atoms with Crippen LogP contribution >= 0.6 is 0 Å². The van der Waals surface area contributed by atoms with Crippen LogP contribution in [0.4, 0.5) is 5.69 Å². The Morgan fingerprint density at radius 3 is 3.00 bits per heavy atom. The molecule has 22 heavy (non-hydrogen) atoms. The van der Waals surface area contributed by atoms with Crippen LogP contribution in [0.3, 0.4) is 0 Å². The summed E-state index contributed by atoms with van der Waals surface area (Å²) in [6.07, 6.45) is 1.44. The van der Waals surface area contributed by atoms with Gasteiger partial charge in [0.15, 0.2) is 0 Å². The monoisotopic (exact) mass is 296 g/mol. The number of hydrogen-bond donors (Lipinski definition) is 2. The molecular formula is C18H20N2O2. The van der Waals surface area contributed by atoms with Crippen molar-refractivity contribution in [2.75, 3.05) is 19.0 Å². The summed E-state index contributed by atoms with van der Waals surface area (Å²) in [6, 6.07) is 15.8. The third-order valence-corrected chi connectivity index (χ3v) is 3.96. The molecule has 0 spiro atoms. The van der Waals surface area contributed by atoms with E-state index in [-0.39, 0.29) is 11.9 Å². The second-order valence-corrected chi connectivity index (χ2v) is 5.44. The number of rotatable bonds is 4. The van der Waals surface area contributed by atoms with E-state index in [1.54, 1.807) is 7.11 Å². The molecule has 1 aliphatic rings. The Kier molecular flexibility index (Phi) is 4.39. The highest BCUT2D eigenvalue weighted by atomic mass is 16.5. The van der Waals surface area contributed by atoms with Crippen LogP contribution in [-0.4, -0.2) is 19.6 Å². The van der Waals surface area contributed by atoms with Crippen LogP contribution in [0.1, 0.15) is 23.6 Å². The maximum atomic E-state index is 12.3. The van der Waals surface area contributed by atoms with E-state index in [1.165, 1.54) is 11.1 Å². The Labute approximate surface area is 130 Å². The molecule has 2 aromatic carbocycles. The number of amides is 1. The topological polar surface area (TPSA) is 50.4 Å². The summed E-state index contributed by atoms with van der Waals surface area (Å²) in [5.74, 6) is 0.737. The predicted molar refractivity (Wildman–Crippen MR) is 87.1 cm³/mol. The van der Waals surface area contributed by atoms with Gasteiger partial charge in [0, 0.05) is 24.2 Å². The first-order valence-corrected chi connectivity index (χ1v) is 7.51. The summed E-state index contributed by atoms with van der Waals surface area (Å²) in [4.78, 5) is 12.3. The van der Waals surface area contributed by atoms with Crippen LogP contribution < -0.4 is 15.4 Å². The second-order valence-electron chi connectivity index (χ2n) is 5.44. The summed E-state index contributed by atoms with van der Waals surface area (Å²) in [7, 11) is 1.61. The van der Waals surface area contributed by atoms with Crippen molar-refractivity contribution in [2.45, 2.75) is 18.9 Å². The number of anilines is 1. The van der Waals surface area contributed by atoms with E-state index in [4.69, 9.17) is 4.74 Å². The number of benzene rings is 2. The molecule has 1 aliphatic heterocycles. The first-order chi connectivity index (χ1) is 10.8. The van der Waals surface area contributed by atoms with Crippen molar-refractivity contribution in [3.8, 4) is 5.75 Å². The van der Waals surface area contributed by atoms with E-state index in [0.717, 1.165) is 24.4 Å². The van der Waals surface area contributed by atoms with Crippen LogP contribution in [0.15, 0.2) is 48.5 Å². The van der Waals surface area contributed by atoms with E-state index in [2.05, 4.69) is 28.8 Å².